The van der Waals surface area contributed by atoms with Crippen LogP contribution in [0.5, 0.6) is 0 Å². The van der Waals surface area contributed by atoms with E-state index in [1.54, 1.807) is 17.6 Å². The third kappa shape index (κ3) is 3.75. The minimum Gasteiger partial charge on any atom is -0.761 e. The zero-order chi connectivity index (χ0) is 18.7. The van der Waals surface area contributed by atoms with Gasteiger partial charge < -0.3 is 15.3 Å². The first-order valence-corrected chi connectivity index (χ1v) is 9.94. The van der Waals surface area contributed by atoms with Gasteiger partial charge in [-0.05, 0) is 35.6 Å². The maximum atomic E-state index is 12.8. The number of aromatic nitrogens is 1. The lowest BCUT2D eigenvalue weighted by Crippen LogP contribution is -2.41. The summed E-state index contributed by atoms with van der Waals surface area (Å²) >= 11 is 0. The van der Waals surface area contributed by atoms with Crippen molar-refractivity contribution in [2.45, 2.75) is 31.3 Å². The van der Waals surface area contributed by atoms with Crippen LogP contribution in [0.3, 0.4) is 0 Å². The minimum atomic E-state index is -3.83. The van der Waals surface area contributed by atoms with Crippen molar-refractivity contribution < 1.29 is 8.42 Å². The molecule has 0 aliphatic heterocycles. The Balaban J connectivity index is 1.89. The summed E-state index contributed by atoms with van der Waals surface area (Å²) in [5.41, 5.74) is 2.79. The van der Waals surface area contributed by atoms with Crippen LogP contribution in [0.25, 0.3) is 10.9 Å². The number of anilines is 1. The molecule has 138 valence electrons. The molecule has 1 heterocycles. The molecule has 3 aromatic rings. The third-order valence-corrected chi connectivity index (χ3v) is 6.02. The summed E-state index contributed by atoms with van der Waals surface area (Å²) in [7, 11) is -3.83. The Hall–Kier alpha value is -2.35. The van der Waals surface area contributed by atoms with Crippen molar-refractivity contribution >= 4 is 26.6 Å². The van der Waals surface area contributed by atoms with Crippen LogP contribution >= 0.6 is 0 Å². The highest BCUT2D eigenvalue weighted by Crippen LogP contribution is 2.22. The SMILES string of the molecule is CC(C)C(Cn1ccc2ccccc21)NS(=O)(=O)c1ccccc1N[O-]. The minimum absolute atomic E-state index is 0.0360. The molecule has 0 bridgehead atoms. The highest BCUT2D eigenvalue weighted by atomic mass is 32.2. The van der Waals surface area contributed by atoms with Gasteiger partial charge in [0.1, 0.15) is 4.90 Å². The van der Waals surface area contributed by atoms with Gasteiger partial charge in [-0.25, -0.2) is 13.1 Å². The lowest BCUT2D eigenvalue weighted by atomic mass is 10.1. The van der Waals surface area contributed by atoms with E-state index in [2.05, 4.69) is 4.72 Å². The predicted molar refractivity (Wildman–Crippen MR) is 104 cm³/mol. The van der Waals surface area contributed by atoms with Gasteiger partial charge in [0.25, 0.3) is 0 Å². The number of hydrogen-bond donors (Lipinski definition) is 2. The van der Waals surface area contributed by atoms with E-state index in [0.29, 0.717) is 6.54 Å². The van der Waals surface area contributed by atoms with E-state index in [1.165, 1.54) is 12.1 Å². The monoisotopic (exact) mass is 372 g/mol. The summed E-state index contributed by atoms with van der Waals surface area (Å²) in [5, 5.41) is 12.2. The van der Waals surface area contributed by atoms with Crippen LogP contribution in [0.4, 0.5) is 5.69 Å². The molecular weight excluding hydrogens is 350 g/mol. The topological polar surface area (TPSA) is 86.2 Å². The molecule has 1 unspecified atom stereocenters. The van der Waals surface area contributed by atoms with E-state index in [-0.39, 0.29) is 22.5 Å². The Morgan fingerprint density at radius 2 is 1.73 bits per heavy atom. The van der Waals surface area contributed by atoms with Crippen LogP contribution < -0.4 is 10.2 Å². The highest BCUT2D eigenvalue weighted by molar-refractivity contribution is 7.89. The normalized spacial score (nSPS) is 13.2. The molecule has 0 aliphatic rings. The maximum absolute atomic E-state index is 12.8. The van der Waals surface area contributed by atoms with Gasteiger partial charge in [0, 0.05) is 30.0 Å². The first kappa shape index (κ1) is 18.4. The van der Waals surface area contributed by atoms with E-state index in [0.717, 1.165) is 10.9 Å². The average molecular weight is 372 g/mol. The summed E-state index contributed by atoms with van der Waals surface area (Å²) in [6.07, 6.45) is 1.96. The van der Waals surface area contributed by atoms with Gasteiger partial charge in [-0.1, -0.05) is 44.2 Å². The van der Waals surface area contributed by atoms with Crippen LogP contribution in [0, 0.1) is 11.1 Å². The average Bonchev–Trinajstić information content (AvgIpc) is 3.04. The molecule has 3 rings (SSSR count). The molecule has 1 aromatic heterocycles. The largest absolute Gasteiger partial charge is 0.761 e. The lowest BCUT2D eigenvalue weighted by Gasteiger charge is -2.24. The number of nitrogens with zero attached hydrogens (tertiary/aromatic N) is 1. The summed E-state index contributed by atoms with van der Waals surface area (Å²) < 4.78 is 30.4. The van der Waals surface area contributed by atoms with Gasteiger partial charge in [0.15, 0.2) is 0 Å². The molecule has 2 N–H and O–H groups in total. The maximum Gasteiger partial charge on any atom is 0.242 e. The number of rotatable bonds is 7. The fraction of sp³-hybridized carbons (Fsp3) is 0.263. The number of hydrogen-bond acceptors (Lipinski definition) is 4. The molecule has 0 radical (unpaired) electrons. The van der Waals surface area contributed by atoms with Crippen molar-refractivity contribution in [2.24, 2.45) is 5.92 Å². The van der Waals surface area contributed by atoms with Crippen molar-refractivity contribution in [3.05, 3.63) is 66.0 Å². The molecule has 2 aromatic carbocycles. The molecule has 0 aliphatic carbocycles. The predicted octanol–water partition coefficient (Wildman–Crippen LogP) is 3.55. The number of benzene rings is 2. The van der Waals surface area contributed by atoms with E-state index in [4.69, 9.17) is 0 Å². The van der Waals surface area contributed by atoms with Gasteiger partial charge in [-0.3, -0.25) is 0 Å². The van der Waals surface area contributed by atoms with Crippen LogP contribution in [0.2, 0.25) is 0 Å². The molecule has 7 heteroatoms. The smallest absolute Gasteiger partial charge is 0.242 e. The first-order chi connectivity index (χ1) is 12.4. The Kier molecular flexibility index (Phi) is 5.31. The van der Waals surface area contributed by atoms with Gasteiger partial charge >= 0.3 is 0 Å². The third-order valence-electron chi connectivity index (χ3n) is 4.47. The van der Waals surface area contributed by atoms with E-state index >= 15 is 0 Å². The molecule has 6 nitrogen and oxygen atoms in total. The van der Waals surface area contributed by atoms with Crippen LogP contribution in [0.1, 0.15) is 13.8 Å². The second-order valence-electron chi connectivity index (χ2n) is 6.60. The van der Waals surface area contributed by atoms with Gasteiger partial charge in [0.05, 0.1) is 0 Å². The van der Waals surface area contributed by atoms with Crippen molar-refractivity contribution in [3.63, 3.8) is 0 Å². The van der Waals surface area contributed by atoms with Crippen molar-refractivity contribution in [1.29, 1.82) is 0 Å². The van der Waals surface area contributed by atoms with E-state index < -0.39 is 10.0 Å². The van der Waals surface area contributed by atoms with Crippen molar-refractivity contribution in [3.8, 4) is 0 Å². The number of sulfonamides is 1. The Morgan fingerprint density at radius 1 is 1.04 bits per heavy atom. The number of nitrogens with one attached hydrogen (secondary N) is 2. The second-order valence-corrected chi connectivity index (χ2v) is 8.28. The van der Waals surface area contributed by atoms with Crippen LogP contribution in [0.15, 0.2) is 65.7 Å². The Morgan fingerprint density at radius 3 is 2.46 bits per heavy atom. The van der Waals surface area contributed by atoms with Crippen molar-refractivity contribution in [2.75, 3.05) is 5.48 Å². The molecule has 0 spiro atoms. The highest BCUT2D eigenvalue weighted by Gasteiger charge is 2.24. The summed E-state index contributed by atoms with van der Waals surface area (Å²) in [6, 6.07) is 15.7. The fourth-order valence-corrected chi connectivity index (χ4v) is 4.47. The zero-order valence-electron chi connectivity index (χ0n) is 14.7. The Labute approximate surface area is 153 Å². The fourth-order valence-electron chi connectivity index (χ4n) is 2.94. The molecule has 0 saturated heterocycles. The summed E-state index contributed by atoms with van der Waals surface area (Å²) in [5.74, 6) is 0.0679. The van der Waals surface area contributed by atoms with Crippen molar-refractivity contribution in [1.82, 2.24) is 9.29 Å². The molecule has 1 atom stereocenters. The Bertz CT molecular complexity index is 996. The van der Waals surface area contributed by atoms with E-state index in [9.17, 15) is 13.6 Å². The summed E-state index contributed by atoms with van der Waals surface area (Å²) in [6.45, 7) is 4.44. The number of fused-ring (bicyclic) bond motifs is 1. The molecule has 0 amide bonds. The summed E-state index contributed by atoms with van der Waals surface area (Å²) in [4.78, 5) is -0.0435. The van der Waals surface area contributed by atoms with Gasteiger partial charge in [-0.2, -0.15) is 0 Å². The van der Waals surface area contributed by atoms with Gasteiger partial charge in [-0.15, -0.1) is 0 Å². The first-order valence-electron chi connectivity index (χ1n) is 8.46. The molecule has 0 saturated carbocycles. The quantitative estimate of drug-likeness (QED) is 0.621. The zero-order valence-corrected chi connectivity index (χ0v) is 15.5. The second kappa shape index (κ2) is 7.49. The molecule has 0 fully saturated rings. The molecule has 26 heavy (non-hydrogen) atoms. The van der Waals surface area contributed by atoms with Crippen LogP contribution in [-0.4, -0.2) is 19.0 Å². The molecular formula is C19H22N3O3S-. The lowest BCUT2D eigenvalue weighted by molar-refractivity contribution is 0.403. The van der Waals surface area contributed by atoms with Crippen LogP contribution in [-0.2, 0) is 16.6 Å². The standard InChI is InChI=1S/C19H22N3O3S/c1-14(2)17(13-22-12-11-15-7-3-5-9-18(15)22)21-26(24,25)19-10-6-4-8-16(19)20-23/h3-12,14,17,20-21H,13H2,1-2H3/q-1. The van der Waals surface area contributed by atoms with E-state index in [1.807, 2.05) is 54.9 Å². The van der Waals surface area contributed by atoms with Gasteiger partial charge in [0.2, 0.25) is 10.0 Å². The number of para-hydroxylation sites is 2.